The van der Waals surface area contributed by atoms with Crippen molar-refractivity contribution >= 4 is 16.8 Å². The molecule has 0 spiro atoms. The summed E-state index contributed by atoms with van der Waals surface area (Å²) in [5.41, 5.74) is 3.61. The Balaban J connectivity index is 1.31. The lowest BCUT2D eigenvalue weighted by molar-refractivity contribution is 0.0667. The van der Waals surface area contributed by atoms with E-state index < -0.39 is 0 Å². The molecule has 2 aromatic heterocycles. The van der Waals surface area contributed by atoms with Gasteiger partial charge in [-0.2, -0.15) is 0 Å². The first kappa shape index (κ1) is 22.8. The number of carbonyl (C=O) groups is 1. The number of para-hydroxylation sites is 1. The van der Waals surface area contributed by atoms with Crippen molar-refractivity contribution < 1.29 is 14.3 Å². The number of likely N-dealkylation sites (tertiary alicyclic amines) is 1. The topological polar surface area (TPSA) is 64.5 Å². The van der Waals surface area contributed by atoms with Crippen molar-refractivity contribution in [2.24, 2.45) is 5.92 Å². The summed E-state index contributed by atoms with van der Waals surface area (Å²) in [4.78, 5) is 24.3. The number of aromatic nitrogens is 2. The molecule has 1 aliphatic rings. The summed E-state index contributed by atoms with van der Waals surface area (Å²) < 4.78 is 11.6. The quantitative estimate of drug-likeness (QED) is 0.368. The van der Waals surface area contributed by atoms with Gasteiger partial charge in [0.25, 0.3) is 5.91 Å². The van der Waals surface area contributed by atoms with Gasteiger partial charge in [0, 0.05) is 30.9 Å². The highest BCUT2D eigenvalue weighted by molar-refractivity contribution is 5.98. The molecule has 1 atom stereocenters. The lowest BCUT2D eigenvalue weighted by Gasteiger charge is -2.33. The summed E-state index contributed by atoms with van der Waals surface area (Å²) in [7, 11) is 1.59. The maximum absolute atomic E-state index is 13.6. The van der Waals surface area contributed by atoms with Crippen LogP contribution in [-0.2, 0) is 13.0 Å². The summed E-state index contributed by atoms with van der Waals surface area (Å²) in [5, 5.41) is 1.15. The molecule has 6 nitrogen and oxygen atoms in total. The molecule has 0 aliphatic carbocycles. The molecule has 178 valence electrons. The first-order valence-electron chi connectivity index (χ1n) is 12.0. The smallest absolute Gasteiger partial charge is 0.257 e. The second kappa shape index (κ2) is 10.6. The summed E-state index contributed by atoms with van der Waals surface area (Å²) >= 11 is 0. The molecule has 6 heteroatoms. The molecule has 4 aromatic rings. The second-order valence-electron chi connectivity index (χ2n) is 8.94. The van der Waals surface area contributed by atoms with Gasteiger partial charge in [0.05, 0.1) is 23.9 Å². The third kappa shape index (κ3) is 5.27. The lowest BCUT2D eigenvalue weighted by atomic mass is 9.90. The number of pyridine rings is 2. The van der Waals surface area contributed by atoms with Crippen LogP contribution in [0.1, 0.15) is 34.5 Å². The van der Waals surface area contributed by atoms with Crippen molar-refractivity contribution in [2.75, 3.05) is 20.2 Å². The third-order valence-corrected chi connectivity index (χ3v) is 6.52. The molecule has 0 N–H and O–H groups in total. The van der Waals surface area contributed by atoms with Crippen molar-refractivity contribution in [3.63, 3.8) is 0 Å². The number of benzene rings is 2. The molecule has 0 unspecified atom stereocenters. The Morgan fingerprint density at radius 3 is 2.80 bits per heavy atom. The van der Waals surface area contributed by atoms with E-state index in [9.17, 15) is 4.79 Å². The van der Waals surface area contributed by atoms with Crippen LogP contribution in [0, 0.1) is 5.92 Å². The molecule has 2 aromatic carbocycles. The largest absolute Gasteiger partial charge is 0.493 e. The molecule has 0 bridgehead atoms. The first-order valence-corrected chi connectivity index (χ1v) is 12.0. The second-order valence-corrected chi connectivity index (χ2v) is 8.94. The van der Waals surface area contributed by atoms with Crippen molar-refractivity contribution in [3.05, 3.63) is 95.9 Å². The number of fused-ring (bicyclic) bond motifs is 1. The number of rotatable bonds is 7. The Hall–Kier alpha value is -3.93. The molecule has 1 amide bonds. The van der Waals surface area contributed by atoms with Gasteiger partial charge in [-0.25, -0.2) is 0 Å². The highest BCUT2D eigenvalue weighted by Gasteiger charge is 2.28. The number of nitrogens with zero attached hydrogens (tertiary/aromatic N) is 3. The predicted molar refractivity (Wildman–Crippen MR) is 136 cm³/mol. The van der Waals surface area contributed by atoms with Crippen LogP contribution in [0.3, 0.4) is 0 Å². The van der Waals surface area contributed by atoms with E-state index in [1.807, 2.05) is 53.6 Å². The van der Waals surface area contributed by atoms with E-state index in [4.69, 9.17) is 9.47 Å². The van der Waals surface area contributed by atoms with Gasteiger partial charge in [-0.15, -0.1) is 0 Å². The Morgan fingerprint density at radius 1 is 1.03 bits per heavy atom. The summed E-state index contributed by atoms with van der Waals surface area (Å²) in [6, 6.07) is 21.7. The average molecular weight is 468 g/mol. The predicted octanol–water partition coefficient (Wildman–Crippen LogP) is 5.31. The molecule has 35 heavy (non-hydrogen) atoms. The minimum absolute atomic E-state index is 0.0210. The number of methoxy groups -OCH3 is 1. The maximum Gasteiger partial charge on any atom is 0.257 e. The summed E-state index contributed by atoms with van der Waals surface area (Å²) in [6.07, 6.45) is 6.58. The lowest BCUT2D eigenvalue weighted by Crippen LogP contribution is -2.40. The van der Waals surface area contributed by atoms with Gasteiger partial charge in [-0.1, -0.05) is 24.3 Å². The number of hydrogen-bond acceptors (Lipinski definition) is 5. The van der Waals surface area contributed by atoms with Crippen molar-refractivity contribution in [1.29, 1.82) is 0 Å². The van der Waals surface area contributed by atoms with Crippen LogP contribution in [0.4, 0.5) is 0 Å². The number of hydrogen-bond donors (Lipinski definition) is 0. The molecule has 1 saturated heterocycles. The number of amides is 1. The molecule has 0 saturated carbocycles. The molecule has 5 rings (SSSR count). The molecule has 1 fully saturated rings. The van der Waals surface area contributed by atoms with Crippen LogP contribution in [0.5, 0.6) is 11.5 Å². The van der Waals surface area contributed by atoms with E-state index in [1.165, 1.54) is 5.56 Å². The Bertz CT molecular complexity index is 1310. The van der Waals surface area contributed by atoms with E-state index in [1.54, 1.807) is 13.3 Å². The molecule has 0 radical (unpaired) electrons. The minimum Gasteiger partial charge on any atom is -0.493 e. The van der Waals surface area contributed by atoms with E-state index in [0.717, 1.165) is 48.9 Å². The third-order valence-electron chi connectivity index (χ3n) is 6.52. The Kier molecular flexibility index (Phi) is 6.89. The molecule has 1 aliphatic heterocycles. The van der Waals surface area contributed by atoms with Crippen LogP contribution in [0.2, 0.25) is 0 Å². The minimum atomic E-state index is -0.0210. The fraction of sp³-hybridized carbons (Fsp3) is 0.276. The first-order chi connectivity index (χ1) is 17.2. The number of piperidine rings is 1. The SMILES string of the molecule is COc1cccc(C(=O)N2CCC[C@H](Cc3ccc4ncccc4c3)C2)c1OCc1ccccn1. The zero-order valence-electron chi connectivity index (χ0n) is 19.9. The van der Waals surface area contributed by atoms with Gasteiger partial charge in [0.2, 0.25) is 0 Å². The van der Waals surface area contributed by atoms with Gasteiger partial charge < -0.3 is 14.4 Å². The maximum atomic E-state index is 13.6. The van der Waals surface area contributed by atoms with Crippen LogP contribution < -0.4 is 9.47 Å². The zero-order chi connectivity index (χ0) is 24.0. The van der Waals surface area contributed by atoms with Crippen LogP contribution in [-0.4, -0.2) is 41.0 Å². The molecule has 3 heterocycles. The van der Waals surface area contributed by atoms with Crippen molar-refractivity contribution in [1.82, 2.24) is 14.9 Å². The summed E-state index contributed by atoms with van der Waals surface area (Å²) in [6.45, 7) is 1.73. The van der Waals surface area contributed by atoms with E-state index in [0.29, 0.717) is 23.0 Å². The average Bonchev–Trinajstić information content (AvgIpc) is 2.92. The zero-order valence-corrected chi connectivity index (χ0v) is 19.9. The van der Waals surface area contributed by atoms with Gasteiger partial charge in [-0.3, -0.25) is 14.8 Å². The molecular weight excluding hydrogens is 438 g/mol. The van der Waals surface area contributed by atoms with Crippen molar-refractivity contribution in [2.45, 2.75) is 25.9 Å². The van der Waals surface area contributed by atoms with Gasteiger partial charge in [0.15, 0.2) is 11.5 Å². The van der Waals surface area contributed by atoms with Crippen molar-refractivity contribution in [3.8, 4) is 11.5 Å². The van der Waals surface area contributed by atoms with E-state index in [2.05, 4.69) is 34.2 Å². The molecular formula is C29H29N3O3. The van der Waals surface area contributed by atoms with Crippen LogP contribution in [0.15, 0.2) is 79.1 Å². The normalized spacial score (nSPS) is 15.7. The van der Waals surface area contributed by atoms with Gasteiger partial charge in [-0.05, 0) is 73.2 Å². The van der Waals surface area contributed by atoms with Crippen LogP contribution >= 0.6 is 0 Å². The Morgan fingerprint density at radius 2 is 1.94 bits per heavy atom. The van der Waals surface area contributed by atoms with E-state index >= 15 is 0 Å². The highest BCUT2D eigenvalue weighted by atomic mass is 16.5. The number of carbonyl (C=O) groups excluding carboxylic acids is 1. The standard InChI is InChI=1S/C29H29N3O3/c1-34-27-11-4-10-25(28(27)35-20-24-9-2-3-14-30-24)29(33)32-16-6-7-22(19-32)17-21-12-13-26-23(18-21)8-5-15-31-26/h2-5,8-15,18,22H,6-7,16-17,19-20H2,1H3/t22-/m1/s1. The number of ether oxygens (including phenoxy) is 2. The highest BCUT2D eigenvalue weighted by Crippen LogP contribution is 2.34. The summed E-state index contributed by atoms with van der Waals surface area (Å²) in [5.74, 6) is 1.40. The Labute approximate surface area is 205 Å². The monoisotopic (exact) mass is 467 g/mol. The van der Waals surface area contributed by atoms with E-state index in [-0.39, 0.29) is 12.5 Å². The fourth-order valence-electron chi connectivity index (χ4n) is 4.80. The fourth-order valence-corrected chi connectivity index (χ4v) is 4.80. The van der Waals surface area contributed by atoms with Crippen LogP contribution in [0.25, 0.3) is 10.9 Å². The van der Waals surface area contributed by atoms with Gasteiger partial charge >= 0.3 is 0 Å². The van der Waals surface area contributed by atoms with Gasteiger partial charge in [0.1, 0.15) is 6.61 Å².